The van der Waals surface area contributed by atoms with Gasteiger partial charge in [-0.25, -0.2) is 9.37 Å². The quantitative estimate of drug-likeness (QED) is 0.192. The van der Waals surface area contributed by atoms with Crippen molar-refractivity contribution in [1.82, 2.24) is 9.97 Å². The number of carbonyl (C=O) groups is 1. The van der Waals surface area contributed by atoms with E-state index in [9.17, 15) is 9.18 Å². The van der Waals surface area contributed by atoms with E-state index in [1.54, 1.807) is 48.5 Å². The first-order valence-electron chi connectivity index (χ1n) is 9.14. The minimum Gasteiger partial charge on any atom is -0.491 e. The van der Waals surface area contributed by atoms with Crippen LogP contribution >= 0.6 is 23.0 Å². The Balaban J connectivity index is 1.68. The highest BCUT2D eigenvalue weighted by molar-refractivity contribution is 14.1. The first-order valence-corrected chi connectivity index (χ1v) is 10.0. The standard InChI is InChI=1S/C21H19FIN5O3/c1-2-19(29)25-15-4-3-5-16(12-15)26-20-18(22)13-24-21(28-20)27-14-6-8-17(9-7-14)30-10-11-31-23/h2-9,12-13H,1,10-11H2,(H,25,29)(H2,24,26,27,28). The largest absolute Gasteiger partial charge is 0.491 e. The van der Waals surface area contributed by atoms with Crippen molar-refractivity contribution in [2.45, 2.75) is 0 Å². The molecule has 31 heavy (non-hydrogen) atoms. The first-order chi connectivity index (χ1) is 15.1. The predicted octanol–water partition coefficient (Wildman–Crippen LogP) is 4.97. The number of hydrogen-bond donors (Lipinski definition) is 3. The average Bonchev–Trinajstić information content (AvgIpc) is 2.77. The van der Waals surface area contributed by atoms with Crippen molar-refractivity contribution in [3.63, 3.8) is 0 Å². The van der Waals surface area contributed by atoms with Gasteiger partial charge in [0.25, 0.3) is 0 Å². The third-order valence-corrected chi connectivity index (χ3v) is 4.30. The average molecular weight is 535 g/mol. The lowest BCUT2D eigenvalue weighted by molar-refractivity contribution is -0.111. The van der Waals surface area contributed by atoms with Crippen LogP contribution in [0.5, 0.6) is 5.75 Å². The van der Waals surface area contributed by atoms with E-state index in [1.807, 2.05) is 23.0 Å². The fourth-order valence-electron chi connectivity index (χ4n) is 2.47. The maximum absolute atomic E-state index is 14.2. The Kier molecular flexibility index (Phi) is 8.12. The van der Waals surface area contributed by atoms with Crippen LogP contribution in [0.4, 0.5) is 33.2 Å². The summed E-state index contributed by atoms with van der Waals surface area (Å²) in [5.41, 5.74) is 1.79. The molecule has 0 radical (unpaired) electrons. The summed E-state index contributed by atoms with van der Waals surface area (Å²) in [5.74, 6) is -0.0563. The number of carbonyl (C=O) groups excluding carboxylic acids is 1. The van der Waals surface area contributed by atoms with Crippen LogP contribution in [0.2, 0.25) is 0 Å². The van der Waals surface area contributed by atoms with E-state index < -0.39 is 5.82 Å². The van der Waals surface area contributed by atoms with Crippen LogP contribution in [0, 0.1) is 5.82 Å². The molecular formula is C21H19FIN5O3. The third kappa shape index (κ3) is 6.89. The van der Waals surface area contributed by atoms with Gasteiger partial charge in [0.05, 0.1) is 12.8 Å². The van der Waals surface area contributed by atoms with E-state index in [0.717, 1.165) is 6.20 Å². The smallest absolute Gasteiger partial charge is 0.247 e. The van der Waals surface area contributed by atoms with E-state index in [2.05, 4.69) is 32.5 Å². The van der Waals surface area contributed by atoms with Crippen molar-refractivity contribution in [1.29, 1.82) is 0 Å². The molecule has 1 heterocycles. The van der Waals surface area contributed by atoms with E-state index >= 15 is 0 Å². The normalized spacial score (nSPS) is 10.3. The number of benzene rings is 2. The minimum atomic E-state index is -0.618. The van der Waals surface area contributed by atoms with Gasteiger partial charge in [-0.1, -0.05) is 12.6 Å². The number of nitrogens with zero attached hydrogens (tertiary/aromatic N) is 2. The number of hydrogen-bond acceptors (Lipinski definition) is 7. The fraction of sp³-hybridized carbons (Fsp3) is 0.0952. The van der Waals surface area contributed by atoms with Crippen LogP contribution in [0.1, 0.15) is 0 Å². The lowest BCUT2D eigenvalue weighted by atomic mass is 10.2. The molecule has 10 heteroatoms. The molecule has 2 aromatic carbocycles. The molecular weight excluding hydrogens is 516 g/mol. The molecule has 0 atom stereocenters. The monoisotopic (exact) mass is 535 g/mol. The molecule has 0 fully saturated rings. The molecule has 0 aliphatic rings. The van der Waals surface area contributed by atoms with Gasteiger partial charge in [-0.15, -0.1) is 0 Å². The second-order valence-electron chi connectivity index (χ2n) is 6.10. The predicted molar refractivity (Wildman–Crippen MR) is 126 cm³/mol. The van der Waals surface area contributed by atoms with Crippen molar-refractivity contribution in [3.8, 4) is 5.75 Å². The van der Waals surface area contributed by atoms with Gasteiger partial charge >= 0.3 is 0 Å². The molecule has 160 valence electrons. The number of rotatable bonds is 10. The summed E-state index contributed by atoms with van der Waals surface area (Å²) < 4.78 is 24.7. The van der Waals surface area contributed by atoms with Gasteiger partial charge in [0.15, 0.2) is 11.6 Å². The Morgan fingerprint density at radius 1 is 1.10 bits per heavy atom. The number of anilines is 5. The van der Waals surface area contributed by atoms with Crippen molar-refractivity contribution in [2.75, 3.05) is 29.2 Å². The van der Waals surface area contributed by atoms with Crippen LogP contribution in [0.25, 0.3) is 0 Å². The number of aromatic nitrogens is 2. The second kappa shape index (κ2) is 11.2. The molecule has 0 saturated heterocycles. The topological polar surface area (TPSA) is 97.4 Å². The van der Waals surface area contributed by atoms with Gasteiger partial charge in [0.2, 0.25) is 11.9 Å². The minimum absolute atomic E-state index is 0.0107. The van der Waals surface area contributed by atoms with Crippen LogP contribution in [0.15, 0.2) is 67.4 Å². The molecule has 1 amide bonds. The van der Waals surface area contributed by atoms with Gasteiger partial charge in [-0.05, 0) is 48.5 Å². The number of amides is 1. The molecule has 3 aromatic rings. The molecule has 3 rings (SSSR count). The molecule has 0 unspecified atom stereocenters. The van der Waals surface area contributed by atoms with Crippen molar-refractivity contribution in [3.05, 3.63) is 73.2 Å². The highest BCUT2D eigenvalue weighted by Gasteiger charge is 2.09. The Morgan fingerprint density at radius 3 is 2.61 bits per heavy atom. The fourth-order valence-corrected chi connectivity index (χ4v) is 2.65. The van der Waals surface area contributed by atoms with Gasteiger partial charge in [-0.2, -0.15) is 4.98 Å². The SMILES string of the molecule is C=CC(=O)Nc1cccc(Nc2nc(Nc3ccc(OCCOI)cc3)ncc2F)c1. The molecule has 0 saturated carbocycles. The van der Waals surface area contributed by atoms with Crippen LogP contribution in [-0.2, 0) is 7.86 Å². The Morgan fingerprint density at radius 2 is 1.87 bits per heavy atom. The summed E-state index contributed by atoms with van der Waals surface area (Å²) in [5, 5.41) is 8.55. The Labute approximate surface area is 192 Å². The van der Waals surface area contributed by atoms with Gasteiger partial charge < -0.3 is 23.8 Å². The molecule has 3 N–H and O–H groups in total. The van der Waals surface area contributed by atoms with Gasteiger partial charge in [-0.3, -0.25) is 4.79 Å². The van der Waals surface area contributed by atoms with E-state index in [0.29, 0.717) is 36.0 Å². The van der Waals surface area contributed by atoms with Crippen molar-refractivity contribution < 1.29 is 17.0 Å². The zero-order valence-electron chi connectivity index (χ0n) is 16.3. The molecule has 0 bridgehead atoms. The van der Waals surface area contributed by atoms with Crippen molar-refractivity contribution >= 4 is 57.7 Å². The lowest BCUT2D eigenvalue weighted by Gasteiger charge is -2.11. The second-order valence-corrected chi connectivity index (χ2v) is 6.72. The van der Waals surface area contributed by atoms with E-state index in [1.165, 1.54) is 6.08 Å². The van der Waals surface area contributed by atoms with E-state index in [4.69, 9.17) is 7.80 Å². The molecule has 0 spiro atoms. The Bertz CT molecular complexity index is 1050. The lowest BCUT2D eigenvalue weighted by Crippen LogP contribution is -2.07. The molecule has 8 nitrogen and oxygen atoms in total. The molecule has 1 aromatic heterocycles. The van der Waals surface area contributed by atoms with Gasteiger partial charge in [0, 0.05) is 17.1 Å². The summed E-state index contributed by atoms with van der Waals surface area (Å²) in [7, 11) is 0. The summed E-state index contributed by atoms with van der Waals surface area (Å²) >= 11 is 1.81. The third-order valence-electron chi connectivity index (χ3n) is 3.86. The maximum atomic E-state index is 14.2. The zero-order chi connectivity index (χ0) is 22.1. The molecule has 0 aliphatic heterocycles. The van der Waals surface area contributed by atoms with Crippen molar-refractivity contribution in [2.24, 2.45) is 0 Å². The zero-order valence-corrected chi connectivity index (χ0v) is 18.4. The Hall–Kier alpha value is -3.25. The molecule has 0 aliphatic carbocycles. The van der Waals surface area contributed by atoms with E-state index in [-0.39, 0.29) is 17.7 Å². The highest BCUT2D eigenvalue weighted by Crippen LogP contribution is 2.23. The highest BCUT2D eigenvalue weighted by atomic mass is 127. The summed E-state index contributed by atoms with van der Waals surface area (Å²) in [6.07, 6.45) is 2.24. The summed E-state index contributed by atoms with van der Waals surface area (Å²) in [6.45, 7) is 4.35. The van der Waals surface area contributed by atoms with Gasteiger partial charge in [0.1, 0.15) is 35.4 Å². The van der Waals surface area contributed by atoms with Crippen LogP contribution in [0.3, 0.4) is 0 Å². The maximum Gasteiger partial charge on any atom is 0.247 e. The number of nitrogens with one attached hydrogen (secondary N) is 3. The summed E-state index contributed by atoms with van der Waals surface area (Å²) in [4.78, 5) is 19.6. The number of ether oxygens (including phenoxy) is 1. The number of halogens is 2. The summed E-state index contributed by atoms with van der Waals surface area (Å²) in [6, 6.07) is 14.0. The van der Waals surface area contributed by atoms with Crippen LogP contribution < -0.4 is 20.7 Å². The van der Waals surface area contributed by atoms with Crippen LogP contribution in [-0.4, -0.2) is 29.1 Å². The first kappa shape index (κ1) is 22.4.